The van der Waals surface area contributed by atoms with Gasteiger partial charge in [-0.05, 0) is 62.4 Å². The number of benzene rings is 1. The molecule has 2 aliphatic carbocycles. The lowest BCUT2D eigenvalue weighted by molar-refractivity contribution is -0.127. The minimum Gasteiger partial charge on any atom is -0.490 e. The van der Waals surface area contributed by atoms with Crippen molar-refractivity contribution in [2.24, 2.45) is 11.1 Å². The number of allylic oxidation sites excluding steroid dienone is 5. The molecule has 0 aromatic heterocycles. The summed E-state index contributed by atoms with van der Waals surface area (Å²) in [5.74, 6) is 1.36. The predicted octanol–water partition coefficient (Wildman–Crippen LogP) is 5.51. The lowest BCUT2D eigenvalue weighted by atomic mass is 10.0. The molecular weight excluding hydrogens is 466 g/mol. The van der Waals surface area contributed by atoms with E-state index in [9.17, 15) is 14.8 Å². The summed E-state index contributed by atoms with van der Waals surface area (Å²) < 4.78 is 5.78. The molecule has 2 aliphatic rings. The second-order valence-electron chi connectivity index (χ2n) is 9.08. The molecule has 3 rings (SSSR count). The number of oxime groups is 1. The highest BCUT2D eigenvalue weighted by Gasteiger charge is 2.26. The lowest BCUT2D eigenvalue weighted by Gasteiger charge is -2.12. The highest BCUT2D eigenvalue weighted by molar-refractivity contribution is 6.26. The molecule has 1 aromatic carbocycles. The molecule has 0 heterocycles. The third kappa shape index (κ3) is 8.48. The van der Waals surface area contributed by atoms with Crippen LogP contribution in [0.25, 0.3) is 5.57 Å². The van der Waals surface area contributed by atoms with Crippen molar-refractivity contribution in [1.82, 2.24) is 10.2 Å². The standard InChI is InChI=1S/C22H26N2O3.C8H15NO/c1-5-10-19-18(6-2)22(23-26)21-15-17(11-12-20(19)21)27-14-9-7-8-13-24(4)16(3)25;1-2-9-8(10)7-5-3-4-6-7/h5-7,9-12,15,26H,2,8,13-14H2,1,3-4H3;7H,2-6H2,1H3,(H,9,10)/b9-7-,10-5-,23-22-;. The Hall–Kier alpha value is -3.61. The summed E-state index contributed by atoms with van der Waals surface area (Å²) in [6.45, 7) is 11.2. The summed E-state index contributed by atoms with van der Waals surface area (Å²) in [4.78, 5) is 23.9. The van der Waals surface area contributed by atoms with E-state index in [0.29, 0.717) is 30.5 Å². The molecule has 1 fully saturated rings. The van der Waals surface area contributed by atoms with Crippen molar-refractivity contribution in [1.29, 1.82) is 0 Å². The van der Waals surface area contributed by atoms with Crippen LogP contribution >= 0.6 is 0 Å². The number of rotatable bonds is 10. The van der Waals surface area contributed by atoms with Crippen LogP contribution in [0.15, 0.2) is 65.9 Å². The molecular formula is C30H41N3O4. The largest absolute Gasteiger partial charge is 0.490 e. The van der Waals surface area contributed by atoms with E-state index in [2.05, 4.69) is 17.1 Å². The molecule has 0 atom stereocenters. The maximum atomic E-state index is 11.1. The second-order valence-corrected chi connectivity index (χ2v) is 9.08. The van der Waals surface area contributed by atoms with Crippen LogP contribution in [0, 0.1) is 5.92 Å². The summed E-state index contributed by atoms with van der Waals surface area (Å²) in [7, 11) is 1.78. The van der Waals surface area contributed by atoms with Crippen molar-refractivity contribution >= 4 is 23.1 Å². The zero-order valence-corrected chi connectivity index (χ0v) is 22.6. The molecule has 0 radical (unpaired) electrons. The molecule has 2 amide bonds. The molecule has 37 heavy (non-hydrogen) atoms. The van der Waals surface area contributed by atoms with Gasteiger partial charge in [0.25, 0.3) is 0 Å². The van der Waals surface area contributed by atoms with Crippen LogP contribution < -0.4 is 10.1 Å². The van der Waals surface area contributed by atoms with Gasteiger partial charge in [0.2, 0.25) is 11.8 Å². The molecule has 1 aromatic rings. The van der Waals surface area contributed by atoms with Crippen LogP contribution in [0.4, 0.5) is 0 Å². The molecule has 0 bridgehead atoms. The minimum atomic E-state index is 0.0592. The van der Waals surface area contributed by atoms with Gasteiger partial charge < -0.3 is 20.2 Å². The zero-order chi connectivity index (χ0) is 27.2. The van der Waals surface area contributed by atoms with Gasteiger partial charge in [0.1, 0.15) is 18.1 Å². The first-order chi connectivity index (χ1) is 17.9. The lowest BCUT2D eigenvalue weighted by Crippen LogP contribution is -2.28. The minimum absolute atomic E-state index is 0.0592. The number of ether oxygens (including phenoxy) is 1. The van der Waals surface area contributed by atoms with Gasteiger partial charge in [0.05, 0.1) is 0 Å². The topological polar surface area (TPSA) is 91.2 Å². The van der Waals surface area contributed by atoms with Crippen molar-refractivity contribution < 1.29 is 19.5 Å². The molecule has 0 spiro atoms. The SMILES string of the molecule is C=CC1=C(/C=C\C)c2ccc(OC/C=C\CCN(C)C(C)=O)cc2/C1=N\O.CCNC(=O)C1CCCC1. The molecule has 2 N–H and O–H groups in total. The summed E-state index contributed by atoms with van der Waals surface area (Å²) >= 11 is 0. The number of hydrogen-bond acceptors (Lipinski definition) is 5. The number of carbonyl (C=O) groups is 2. The van der Waals surface area contributed by atoms with E-state index in [-0.39, 0.29) is 11.8 Å². The Labute approximate surface area is 221 Å². The third-order valence-corrected chi connectivity index (χ3v) is 6.48. The van der Waals surface area contributed by atoms with Crippen LogP contribution in [0.1, 0.15) is 64.0 Å². The number of fused-ring (bicyclic) bond motifs is 1. The average molecular weight is 508 g/mol. The van der Waals surface area contributed by atoms with Crippen LogP contribution in [-0.2, 0) is 9.59 Å². The number of carbonyl (C=O) groups excluding carboxylic acids is 2. The molecule has 0 unspecified atom stereocenters. The van der Waals surface area contributed by atoms with Crippen LogP contribution in [-0.4, -0.2) is 54.4 Å². The summed E-state index contributed by atoms with van der Waals surface area (Å²) in [6, 6.07) is 5.75. The van der Waals surface area contributed by atoms with E-state index in [4.69, 9.17) is 4.74 Å². The van der Waals surface area contributed by atoms with Gasteiger partial charge in [-0.3, -0.25) is 9.59 Å². The quantitative estimate of drug-likeness (QED) is 0.248. The maximum absolute atomic E-state index is 11.1. The first kappa shape index (κ1) is 29.6. The first-order valence-electron chi connectivity index (χ1n) is 13.0. The molecule has 1 saturated carbocycles. The molecule has 0 aliphatic heterocycles. The predicted molar refractivity (Wildman–Crippen MR) is 150 cm³/mol. The first-order valence-corrected chi connectivity index (χ1v) is 13.0. The fraction of sp³-hybridized carbons (Fsp3) is 0.433. The molecule has 200 valence electrons. The Kier molecular flexibility index (Phi) is 12.4. The van der Waals surface area contributed by atoms with E-state index in [1.165, 1.54) is 12.8 Å². The van der Waals surface area contributed by atoms with Gasteiger partial charge >= 0.3 is 0 Å². The van der Waals surface area contributed by atoms with E-state index in [1.807, 2.05) is 56.4 Å². The fourth-order valence-electron chi connectivity index (χ4n) is 4.38. The number of nitrogens with zero attached hydrogens (tertiary/aromatic N) is 2. The van der Waals surface area contributed by atoms with Gasteiger partial charge in [0, 0.05) is 44.1 Å². The van der Waals surface area contributed by atoms with Crippen molar-refractivity contribution in [3.05, 3.63) is 71.9 Å². The smallest absolute Gasteiger partial charge is 0.223 e. The average Bonchev–Trinajstić information content (AvgIpc) is 3.53. The van der Waals surface area contributed by atoms with Gasteiger partial charge in [-0.2, -0.15) is 0 Å². The number of amides is 2. The fourth-order valence-corrected chi connectivity index (χ4v) is 4.38. The van der Waals surface area contributed by atoms with E-state index in [1.54, 1.807) is 24.9 Å². The summed E-state index contributed by atoms with van der Waals surface area (Å²) in [6.07, 6.45) is 15.0. The molecule has 7 nitrogen and oxygen atoms in total. The van der Waals surface area contributed by atoms with Crippen molar-refractivity contribution in [3.63, 3.8) is 0 Å². The summed E-state index contributed by atoms with van der Waals surface area (Å²) in [5.41, 5.74) is 4.10. The summed E-state index contributed by atoms with van der Waals surface area (Å²) in [5, 5.41) is 15.8. The van der Waals surface area contributed by atoms with Gasteiger partial charge in [-0.25, -0.2) is 0 Å². The number of hydrogen-bond donors (Lipinski definition) is 2. The van der Waals surface area contributed by atoms with Crippen molar-refractivity contribution in [2.75, 3.05) is 26.7 Å². The Morgan fingerprint density at radius 3 is 2.54 bits per heavy atom. The third-order valence-electron chi connectivity index (χ3n) is 6.48. The van der Waals surface area contributed by atoms with E-state index >= 15 is 0 Å². The van der Waals surface area contributed by atoms with Gasteiger partial charge in [0.15, 0.2) is 0 Å². The normalized spacial score (nSPS) is 16.2. The van der Waals surface area contributed by atoms with E-state index in [0.717, 1.165) is 48.1 Å². The Morgan fingerprint density at radius 2 is 1.95 bits per heavy atom. The Bertz CT molecular complexity index is 1060. The molecule has 7 heteroatoms. The van der Waals surface area contributed by atoms with Crippen molar-refractivity contribution in [3.8, 4) is 5.75 Å². The zero-order valence-electron chi connectivity index (χ0n) is 22.6. The number of nitrogens with one attached hydrogen (secondary N) is 1. The maximum Gasteiger partial charge on any atom is 0.223 e. The Balaban J connectivity index is 0.000000402. The van der Waals surface area contributed by atoms with Crippen LogP contribution in [0.2, 0.25) is 0 Å². The van der Waals surface area contributed by atoms with E-state index < -0.39 is 0 Å². The van der Waals surface area contributed by atoms with Crippen LogP contribution in [0.5, 0.6) is 5.75 Å². The monoisotopic (exact) mass is 507 g/mol. The van der Waals surface area contributed by atoms with Crippen LogP contribution in [0.3, 0.4) is 0 Å². The Morgan fingerprint density at radius 1 is 1.22 bits per heavy atom. The second kappa shape index (κ2) is 15.5. The molecule has 0 saturated heterocycles. The van der Waals surface area contributed by atoms with Gasteiger partial charge in [-0.1, -0.05) is 55.0 Å². The van der Waals surface area contributed by atoms with Gasteiger partial charge in [-0.15, -0.1) is 0 Å². The highest BCUT2D eigenvalue weighted by Crippen LogP contribution is 2.36. The van der Waals surface area contributed by atoms with Crippen molar-refractivity contribution in [2.45, 2.75) is 52.9 Å². The highest BCUT2D eigenvalue weighted by atomic mass is 16.5.